The molecule has 0 fully saturated rings. The average Bonchev–Trinajstić information content (AvgIpc) is 3.97. The van der Waals surface area contributed by atoms with E-state index < -0.39 is 25.9 Å². The minimum absolute atomic E-state index is 0.0667. The van der Waals surface area contributed by atoms with Crippen molar-refractivity contribution in [2.45, 2.75) is 100 Å². The van der Waals surface area contributed by atoms with Crippen LogP contribution in [0.4, 0.5) is 0 Å². The predicted molar refractivity (Wildman–Crippen MR) is 264 cm³/mol. The number of benzene rings is 6. The van der Waals surface area contributed by atoms with E-state index in [9.17, 15) is 17.0 Å². The first kappa shape index (κ1) is 41.8. The normalized spacial score (nSPS) is 17.4. The third kappa shape index (κ3) is 6.61. The zero-order valence-electron chi connectivity index (χ0n) is 36.4. The summed E-state index contributed by atoms with van der Waals surface area (Å²) in [4.78, 5) is 0. The molecule has 60 heavy (non-hydrogen) atoms. The fourth-order valence-electron chi connectivity index (χ4n) is 11.6. The fraction of sp³-hybridized carbons (Fsp3) is 0.286. The van der Waals surface area contributed by atoms with Gasteiger partial charge in [0.05, 0.1) is 0 Å². The van der Waals surface area contributed by atoms with Crippen LogP contribution >= 0.6 is 17.0 Å². The van der Waals surface area contributed by atoms with E-state index in [-0.39, 0.29) is 7.25 Å². The van der Waals surface area contributed by atoms with Crippen LogP contribution in [0.25, 0.3) is 45.5 Å². The summed E-state index contributed by atoms with van der Waals surface area (Å²) in [5, 5.41) is 3.01. The summed E-state index contributed by atoms with van der Waals surface area (Å²) in [5.41, 5.74) is 21.9. The summed E-state index contributed by atoms with van der Waals surface area (Å²) in [6, 6.07) is 43.9. The van der Waals surface area contributed by atoms with Gasteiger partial charge in [0, 0.05) is 0 Å². The van der Waals surface area contributed by atoms with Crippen LogP contribution in [0, 0.1) is 13.8 Å². The van der Waals surface area contributed by atoms with Crippen LogP contribution < -0.4 is 13.6 Å². The molecule has 0 amide bonds. The topological polar surface area (TPSA) is 0 Å². The number of hydrogen-bond donors (Lipinski definition) is 0. The molecule has 4 heteroatoms. The Bertz CT molecular complexity index is 2580. The molecule has 0 saturated carbocycles. The van der Waals surface area contributed by atoms with Gasteiger partial charge in [-0.2, -0.15) is 0 Å². The molecule has 305 valence electrons. The number of fused-ring (bicyclic) bond motifs is 5. The summed E-state index contributed by atoms with van der Waals surface area (Å²) >= 11 is -5.66. The monoisotopic (exact) mass is 919 g/mol. The Balaban J connectivity index is 1.40. The summed E-state index contributed by atoms with van der Waals surface area (Å²) < 4.78 is 1.19. The van der Waals surface area contributed by atoms with E-state index in [4.69, 9.17) is 0 Å². The molecule has 0 radical (unpaired) electrons. The maximum atomic E-state index is 9.48. The van der Waals surface area contributed by atoms with E-state index in [0.717, 1.165) is 51.4 Å². The van der Waals surface area contributed by atoms with Crippen molar-refractivity contribution in [3.63, 3.8) is 0 Å². The molecule has 0 saturated heterocycles. The third-order valence-electron chi connectivity index (χ3n) is 14.4. The van der Waals surface area contributed by atoms with E-state index in [0.29, 0.717) is 0 Å². The van der Waals surface area contributed by atoms with Crippen molar-refractivity contribution in [3.8, 4) is 33.4 Å². The SMILES string of the molecule is CCCCC1=Cc2c(ccc(CC)c2-c2ccccc2C)[CH]1[Zr]([Cl])([Cl])([c]1cccc2c1[SiH2]c1ccccc1-2)[CH]1C(CCCC)=Cc2c1ccc(CC)c2-c1ccccc1C. The van der Waals surface area contributed by atoms with Crippen molar-refractivity contribution < 1.29 is 16.4 Å². The molecule has 2 unspecified atom stereocenters. The van der Waals surface area contributed by atoms with E-state index in [1.165, 1.54) is 103 Å². The van der Waals surface area contributed by atoms with E-state index in [1.54, 1.807) is 0 Å². The molecule has 1 heterocycles. The zero-order chi connectivity index (χ0) is 41.8. The Hall–Kier alpha value is -3.52. The second kappa shape index (κ2) is 16.6. The molecule has 9 rings (SSSR count). The first-order valence-corrected chi connectivity index (χ1v) is 34.6. The third-order valence-corrected chi connectivity index (χ3v) is 37.2. The van der Waals surface area contributed by atoms with Gasteiger partial charge in [-0.25, -0.2) is 0 Å². The number of unbranched alkanes of at least 4 members (excludes halogenated alkanes) is 2. The van der Waals surface area contributed by atoms with Crippen LogP contribution in [0.3, 0.4) is 0 Å². The second-order valence-corrected chi connectivity index (χ2v) is 40.3. The van der Waals surface area contributed by atoms with Crippen LogP contribution in [-0.2, 0) is 29.2 Å². The fourth-order valence-corrected chi connectivity index (χ4v) is 39.6. The molecule has 2 atom stereocenters. The number of hydrogen-bond acceptors (Lipinski definition) is 0. The molecule has 6 aromatic carbocycles. The van der Waals surface area contributed by atoms with Gasteiger partial charge in [-0.1, -0.05) is 0 Å². The second-order valence-electron chi connectivity index (χ2n) is 17.9. The summed E-state index contributed by atoms with van der Waals surface area (Å²) in [7, 11) is 18.1. The quantitative estimate of drug-likeness (QED) is 0.101. The van der Waals surface area contributed by atoms with Gasteiger partial charge in [0.2, 0.25) is 0 Å². The zero-order valence-corrected chi connectivity index (χ0v) is 41.8. The Labute approximate surface area is 370 Å². The molecule has 0 bridgehead atoms. The first-order valence-electron chi connectivity index (χ1n) is 22.8. The van der Waals surface area contributed by atoms with Gasteiger partial charge >= 0.3 is 373 Å². The van der Waals surface area contributed by atoms with E-state index >= 15 is 0 Å². The van der Waals surface area contributed by atoms with Gasteiger partial charge in [-0.15, -0.1) is 0 Å². The molecule has 0 nitrogen and oxygen atoms in total. The van der Waals surface area contributed by atoms with Gasteiger partial charge < -0.3 is 0 Å². The molecule has 0 spiro atoms. The summed E-state index contributed by atoms with van der Waals surface area (Å²) in [6.45, 7) is 13.8. The predicted octanol–water partition coefficient (Wildman–Crippen LogP) is 14.1. The molecule has 0 aromatic heterocycles. The number of halogens is 2. The molecular weight excluding hydrogens is 863 g/mol. The molecule has 3 aliphatic rings. The Kier molecular flexibility index (Phi) is 11.6. The number of allylic oxidation sites excluding steroid dienone is 2. The first-order chi connectivity index (χ1) is 29.1. The summed E-state index contributed by atoms with van der Waals surface area (Å²) in [5.74, 6) is 0. The molecule has 1 aliphatic heterocycles. The van der Waals surface area contributed by atoms with E-state index in [2.05, 4.69) is 169 Å². The van der Waals surface area contributed by atoms with Gasteiger partial charge in [-0.05, 0) is 0 Å². The van der Waals surface area contributed by atoms with Crippen molar-refractivity contribution >= 4 is 52.3 Å². The van der Waals surface area contributed by atoms with Crippen molar-refractivity contribution in [2.75, 3.05) is 0 Å². The van der Waals surface area contributed by atoms with Crippen molar-refractivity contribution in [3.05, 3.63) is 171 Å². The van der Waals surface area contributed by atoms with Crippen LogP contribution in [0.5, 0.6) is 0 Å². The van der Waals surface area contributed by atoms with Crippen molar-refractivity contribution in [1.82, 2.24) is 0 Å². The number of rotatable bonds is 13. The standard InChI is InChI=1S/2C22H25.C12H9Si.2ClH.Zr/c2*1-4-6-10-17-14-19-13-12-18(5-2)22(21(19)15-17)20-11-8-7-9-16(20)3;1-3-7-11-9(5-1)10-6-2-4-8-12(10)13-11;;;/h2*7-9,11-15H,4-6,10H2,1-3H3;1-7H,13H2;2*1H;/q;;;;;+2/p-2. The van der Waals surface area contributed by atoms with Crippen LogP contribution in [0.15, 0.2) is 126 Å². The minimum atomic E-state index is -5.66. The Morgan fingerprint density at radius 1 is 0.517 bits per heavy atom. The molecule has 0 N–H and O–H groups in total. The van der Waals surface area contributed by atoms with E-state index in [1.807, 2.05) is 0 Å². The Morgan fingerprint density at radius 2 is 0.983 bits per heavy atom. The maximum absolute atomic E-state index is 9.48. The summed E-state index contributed by atoms with van der Waals surface area (Å²) in [6.07, 6.45) is 13.6. The average molecular weight is 922 g/mol. The van der Waals surface area contributed by atoms with Crippen LogP contribution in [0.2, 0.25) is 0 Å². The van der Waals surface area contributed by atoms with Crippen LogP contribution in [-0.4, -0.2) is 9.52 Å². The Morgan fingerprint density at radius 3 is 1.47 bits per heavy atom. The van der Waals surface area contributed by atoms with Gasteiger partial charge in [-0.3, -0.25) is 0 Å². The molecular formula is C56H59Cl2SiZr. The van der Waals surface area contributed by atoms with Crippen LogP contribution in [0.1, 0.15) is 118 Å². The van der Waals surface area contributed by atoms with Crippen molar-refractivity contribution in [1.29, 1.82) is 0 Å². The van der Waals surface area contributed by atoms with Gasteiger partial charge in [0.25, 0.3) is 0 Å². The van der Waals surface area contributed by atoms with Crippen molar-refractivity contribution in [2.24, 2.45) is 0 Å². The van der Waals surface area contributed by atoms with Gasteiger partial charge in [0.1, 0.15) is 0 Å². The molecule has 2 aliphatic carbocycles. The number of aryl methyl sites for hydroxylation is 4. The molecule has 6 aromatic rings. The van der Waals surface area contributed by atoms with Gasteiger partial charge in [0.15, 0.2) is 0 Å².